The molecule has 4 nitrogen and oxygen atoms in total. The minimum atomic E-state index is 0.199. The Kier molecular flexibility index (Phi) is 1.11. The summed E-state index contributed by atoms with van der Waals surface area (Å²) in [6, 6.07) is 0.799. The van der Waals surface area contributed by atoms with Crippen molar-refractivity contribution in [2.24, 2.45) is 5.73 Å². The van der Waals surface area contributed by atoms with Crippen LogP contribution in [0.2, 0.25) is 0 Å². The summed E-state index contributed by atoms with van der Waals surface area (Å²) in [5.41, 5.74) is 5.34. The maximum Gasteiger partial charge on any atom is 0.189 e. The zero-order valence-electron chi connectivity index (χ0n) is 5.71. The van der Waals surface area contributed by atoms with Crippen molar-refractivity contribution in [2.45, 2.75) is 18.5 Å². The third kappa shape index (κ3) is 0.623. The third-order valence-corrected chi connectivity index (χ3v) is 2.23. The van der Waals surface area contributed by atoms with Crippen molar-refractivity contribution in [3.05, 3.63) is 0 Å². The summed E-state index contributed by atoms with van der Waals surface area (Å²) in [5.74, 6) is 0.199. The van der Waals surface area contributed by atoms with Gasteiger partial charge in [0.2, 0.25) is 0 Å². The van der Waals surface area contributed by atoms with Crippen molar-refractivity contribution in [3.8, 4) is 0 Å². The zero-order valence-corrected chi connectivity index (χ0v) is 5.71. The van der Waals surface area contributed by atoms with Gasteiger partial charge in [-0.3, -0.25) is 5.41 Å². The molecule has 3 saturated heterocycles. The molecule has 0 aromatic heterocycles. The minimum Gasteiger partial charge on any atom is -0.377 e. The van der Waals surface area contributed by atoms with Gasteiger partial charge < -0.3 is 15.4 Å². The van der Waals surface area contributed by atoms with Crippen LogP contribution < -0.4 is 5.73 Å². The van der Waals surface area contributed by atoms with E-state index in [9.17, 15) is 0 Å². The van der Waals surface area contributed by atoms with Crippen LogP contribution in [0.15, 0.2) is 0 Å². The number of ether oxygens (including phenoxy) is 1. The Morgan fingerprint density at radius 3 is 2.40 bits per heavy atom. The van der Waals surface area contributed by atoms with E-state index in [0.717, 1.165) is 19.6 Å². The van der Waals surface area contributed by atoms with E-state index < -0.39 is 0 Å². The van der Waals surface area contributed by atoms with Crippen LogP contribution in [0.5, 0.6) is 0 Å². The van der Waals surface area contributed by atoms with Crippen molar-refractivity contribution < 1.29 is 4.74 Å². The maximum absolute atomic E-state index is 7.20. The van der Waals surface area contributed by atoms with E-state index in [1.54, 1.807) is 0 Å². The second-order valence-electron chi connectivity index (χ2n) is 2.87. The lowest BCUT2D eigenvalue weighted by molar-refractivity contribution is -0.0893. The maximum atomic E-state index is 7.20. The fourth-order valence-corrected chi connectivity index (χ4v) is 1.73. The van der Waals surface area contributed by atoms with Gasteiger partial charge in [-0.05, 0) is 6.42 Å². The number of hydrogen-bond donors (Lipinski definition) is 2. The standard InChI is InChI=1S/C6H11N3O/c7-6(8)9-4-1-5(9)3-10-2-4/h4-5H,1-3H2,(H3,7,8)/t4-,5-/m1/s1. The predicted molar refractivity (Wildman–Crippen MR) is 36.8 cm³/mol. The van der Waals surface area contributed by atoms with Crippen LogP contribution in [0.3, 0.4) is 0 Å². The number of fused-ring (bicyclic) bond motifs is 2. The second-order valence-corrected chi connectivity index (χ2v) is 2.87. The highest BCUT2D eigenvalue weighted by Crippen LogP contribution is 2.29. The number of nitrogens with one attached hydrogen (secondary N) is 1. The summed E-state index contributed by atoms with van der Waals surface area (Å²) in [5, 5.41) is 7.20. The second kappa shape index (κ2) is 1.85. The number of hydrogen-bond acceptors (Lipinski definition) is 2. The molecule has 3 N–H and O–H groups in total. The van der Waals surface area contributed by atoms with Gasteiger partial charge >= 0.3 is 0 Å². The summed E-state index contributed by atoms with van der Waals surface area (Å²) in [7, 11) is 0. The zero-order chi connectivity index (χ0) is 7.14. The van der Waals surface area contributed by atoms with Crippen molar-refractivity contribution >= 4 is 5.96 Å². The SMILES string of the molecule is N=C(N)N1[C@H]2COC[C@H]1C2. The average molecular weight is 141 g/mol. The molecule has 3 aliphatic heterocycles. The first-order valence-corrected chi connectivity index (χ1v) is 3.49. The fourth-order valence-electron chi connectivity index (χ4n) is 1.73. The highest BCUT2D eigenvalue weighted by Gasteiger charge is 2.42. The van der Waals surface area contributed by atoms with E-state index in [4.69, 9.17) is 15.9 Å². The molecule has 3 rings (SSSR count). The average Bonchev–Trinajstić information content (AvgIpc) is 1.87. The number of rotatable bonds is 0. The number of guanidine groups is 1. The van der Waals surface area contributed by atoms with Crippen LogP contribution in [0.4, 0.5) is 0 Å². The van der Waals surface area contributed by atoms with Gasteiger partial charge in [0.1, 0.15) is 0 Å². The monoisotopic (exact) mass is 141 g/mol. The van der Waals surface area contributed by atoms with Crippen molar-refractivity contribution in [3.63, 3.8) is 0 Å². The Bertz CT molecular complexity index is 156. The summed E-state index contributed by atoms with van der Waals surface area (Å²) in [6.07, 6.45) is 1.15. The molecule has 0 unspecified atom stereocenters. The molecule has 0 aromatic carbocycles. The molecular formula is C6H11N3O. The first kappa shape index (κ1) is 5.97. The lowest BCUT2D eigenvalue weighted by Gasteiger charge is -2.52. The van der Waals surface area contributed by atoms with Crippen LogP contribution in [-0.4, -0.2) is 36.2 Å². The van der Waals surface area contributed by atoms with E-state index >= 15 is 0 Å². The molecule has 56 valence electrons. The van der Waals surface area contributed by atoms with Crippen LogP contribution in [0, 0.1) is 5.41 Å². The van der Waals surface area contributed by atoms with Crippen molar-refractivity contribution in [1.29, 1.82) is 5.41 Å². The number of nitrogens with zero attached hydrogens (tertiary/aromatic N) is 1. The Hall–Kier alpha value is -0.770. The summed E-state index contributed by atoms with van der Waals surface area (Å²) in [4.78, 5) is 1.93. The summed E-state index contributed by atoms with van der Waals surface area (Å²) < 4.78 is 5.22. The van der Waals surface area contributed by atoms with E-state index in [-0.39, 0.29) is 5.96 Å². The van der Waals surface area contributed by atoms with E-state index in [1.807, 2.05) is 4.90 Å². The normalized spacial score (nSPS) is 37.0. The molecule has 3 fully saturated rings. The molecule has 2 bridgehead atoms. The predicted octanol–water partition coefficient (Wildman–Crippen LogP) is -0.647. The van der Waals surface area contributed by atoms with Gasteiger partial charge in [0, 0.05) is 0 Å². The fraction of sp³-hybridized carbons (Fsp3) is 0.833. The van der Waals surface area contributed by atoms with Gasteiger partial charge in [-0.15, -0.1) is 0 Å². The lowest BCUT2D eigenvalue weighted by atomic mass is 9.92. The molecule has 0 aliphatic carbocycles. The quantitative estimate of drug-likeness (QED) is 0.348. The topological polar surface area (TPSA) is 62.3 Å². The lowest BCUT2D eigenvalue weighted by Crippen LogP contribution is -2.67. The van der Waals surface area contributed by atoms with Gasteiger partial charge in [0.05, 0.1) is 25.3 Å². The van der Waals surface area contributed by atoms with Gasteiger partial charge in [-0.2, -0.15) is 0 Å². The van der Waals surface area contributed by atoms with Crippen LogP contribution in [0.25, 0.3) is 0 Å². The van der Waals surface area contributed by atoms with Crippen LogP contribution in [-0.2, 0) is 4.74 Å². The number of morpholine rings is 1. The molecule has 0 saturated carbocycles. The van der Waals surface area contributed by atoms with E-state index in [2.05, 4.69) is 0 Å². The van der Waals surface area contributed by atoms with Gasteiger partial charge in [0.25, 0.3) is 0 Å². The Balaban J connectivity index is 2.06. The van der Waals surface area contributed by atoms with E-state index in [0.29, 0.717) is 12.1 Å². The Morgan fingerprint density at radius 1 is 1.50 bits per heavy atom. The van der Waals surface area contributed by atoms with Gasteiger partial charge in [-0.1, -0.05) is 0 Å². The first-order valence-electron chi connectivity index (χ1n) is 3.49. The molecule has 0 spiro atoms. The van der Waals surface area contributed by atoms with E-state index in [1.165, 1.54) is 0 Å². The molecule has 0 aromatic rings. The molecule has 10 heavy (non-hydrogen) atoms. The molecule has 3 heterocycles. The molecular weight excluding hydrogens is 130 g/mol. The molecule has 0 amide bonds. The molecule has 2 atom stereocenters. The van der Waals surface area contributed by atoms with Crippen molar-refractivity contribution in [1.82, 2.24) is 4.90 Å². The molecule has 3 aliphatic rings. The molecule has 4 heteroatoms. The molecule has 0 radical (unpaired) electrons. The van der Waals surface area contributed by atoms with Gasteiger partial charge in [0.15, 0.2) is 5.96 Å². The third-order valence-electron chi connectivity index (χ3n) is 2.23. The number of nitrogens with two attached hydrogens (primary N) is 1. The van der Waals surface area contributed by atoms with Gasteiger partial charge in [-0.25, -0.2) is 0 Å². The first-order chi connectivity index (χ1) is 4.79. The van der Waals surface area contributed by atoms with Crippen LogP contribution >= 0.6 is 0 Å². The van der Waals surface area contributed by atoms with Crippen LogP contribution in [0.1, 0.15) is 6.42 Å². The largest absolute Gasteiger partial charge is 0.377 e. The summed E-state index contributed by atoms with van der Waals surface area (Å²) in [6.45, 7) is 1.49. The van der Waals surface area contributed by atoms with Crippen molar-refractivity contribution in [2.75, 3.05) is 13.2 Å². The Labute approximate surface area is 59.5 Å². The highest BCUT2D eigenvalue weighted by atomic mass is 16.5. The highest BCUT2D eigenvalue weighted by molar-refractivity contribution is 5.76. The minimum absolute atomic E-state index is 0.199. The smallest absolute Gasteiger partial charge is 0.189 e. The Morgan fingerprint density at radius 2 is 2.10 bits per heavy atom. The summed E-state index contributed by atoms with van der Waals surface area (Å²) >= 11 is 0.